The van der Waals surface area contributed by atoms with Gasteiger partial charge in [-0.3, -0.25) is 18.4 Å². The largest absolute Gasteiger partial charge is 0.408 e. The number of nitrogens with zero attached hydrogens (tertiary/aromatic N) is 7. The Morgan fingerprint density at radius 1 is 0.845 bits per heavy atom. The molecule has 3 aliphatic heterocycles. The van der Waals surface area contributed by atoms with Crippen LogP contribution in [0.3, 0.4) is 0 Å². The van der Waals surface area contributed by atoms with Crippen LogP contribution in [0.1, 0.15) is 84.5 Å². The van der Waals surface area contributed by atoms with Crippen molar-refractivity contribution in [3.63, 3.8) is 0 Å². The molecule has 394 valence electrons. The van der Waals surface area contributed by atoms with Crippen LogP contribution in [-0.4, -0.2) is 142 Å². The molecule has 22 nitrogen and oxygen atoms in total. The molecule has 71 heavy (non-hydrogen) atoms. The van der Waals surface area contributed by atoms with Crippen molar-refractivity contribution in [2.24, 2.45) is 5.73 Å². The number of nitrogens with one attached hydrogen (secondary N) is 1. The highest BCUT2D eigenvalue weighted by Gasteiger charge is 2.57. The third-order valence-corrected chi connectivity index (χ3v) is 26.6. The first-order valence-corrected chi connectivity index (χ1v) is 35.0. The fourth-order valence-electron chi connectivity index (χ4n) is 8.62. The van der Waals surface area contributed by atoms with Gasteiger partial charge in [0, 0.05) is 24.5 Å². The SMILES string of the molecule is CC(C)(C)[Si](C)(C)O[C@@H]1[C@@H]2OP(O)(=S)OC[C@H]3O[C@@H](n4cnc5c(N)nc(NCCOCCC(=O)CN)nc54)[C@H](OP(O)(=S)OC[C@H]2O[C@H]1n1cc2c4c(ncnc41)CCCC2)[C@@H]3O[Si](C)(C)C(C)(C)C. The van der Waals surface area contributed by atoms with Crippen LogP contribution in [-0.2, 0) is 82.4 Å². The minimum absolute atomic E-state index is 0.0438. The highest BCUT2D eigenvalue weighted by molar-refractivity contribution is 8.07. The molecular formula is C43H70N10O12P2S2Si2. The molecule has 7 N–H and O–H groups in total. The van der Waals surface area contributed by atoms with Crippen molar-refractivity contribution in [1.82, 2.24) is 34.1 Å². The van der Waals surface area contributed by atoms with Crippen LogP contribution in [0.25, 0.3) is 22.2 Å². The monoisotopic (exact) mass is 1100 g/mol. The number of carbonyl (C=O) groups is 1. The molecule has 3 saturated heterocycles. The van der Waals surface area contributed by atoms with Crippen molar-refractivity contribution in [3.05, 3.63) is 30.1 Å². The Kier molecular flexibility index (Phi) is 16.3. The molecule has 0 radical (unpaired) electrons. The molecule has 2 unspecified atom stereocenters. The lowest BCUT2D eigenvalue weighted by atomic mass is 10.1. The zero-order chi connectivity index (χ0) is 51.5. The number of fused-ring (bicyclic) bond motifs is 4. The number of ketones is 1. The summed E-state index contributed by atoms with van der Waals surface area (Å²) >= 11 is 11.8. The molecule has 10 atom stereocenters. The number of aromatic nitrogens is 7. The number of hydrogen-bond donors (Lipinski definition) is 5. The highest BCUT2D eigenvalue weighted by atomic mass is 32.5. The number of ether oxygens (including phenoxy) is 3. The Morgan fingerprint density at radius 3 is 2.15 bits per heavy atom. The summed E-state index contributed by atoms with van der Waals surface area (Å²) in [4.78, 5) is 59.2. The van der Waals surface area contributed by atoms with E-state index in [1.165, 1.54) is 6.33 Å². The van der Waals surface area contributed by atoms with E-state index in [1.54, 1.807) is 10.9 Å². The second-order valence-electron chi connectivity index (χ2n) is 21.6. The molecule has 2 bridgehead atoms. The Bertz CT molecular complexity index is 2690. The number of Topliss-reactive ketones (excluding diaryl/α,β-unsaturated/α-hetero) is 1. The van der Waals surface area contributed by atoms with Gasteiger partial charge in [-0.2, -0.15) is 9.97 Å². The van der Waals surface area contributed by atoms with E-state index in [4.69, 9.17) is 86.2 Å². The molecule has 4 aromatic rings. The molecule has 4 aromatic heterocycles. The second-order valence-corrected chi connectivity index (χ2v) is 36.7. The lowest BCUT2D eigenvalue weighted by Gasteiger charge is -2.41. The zero-order valence-electron chi connectivity index (χ0n) is 42.1. The Hall–Kier alpha value is -2.31. The Labute approximate surface area is 426 Å². The van der Waals surface area contributed by atoms with E-state index < -0.39 is 79.2 Å². The van der Waals surface area contributed by atoms with Crippen LogP contribution in [0.15, 0.2) is 18.9 Å². The molecule has 28 heteroatoms. The Morgan fingerprint density at radius 2 is 1.48 bits per heavy atom. The third-order valence-electron chi connectivity index (χ3n) is 14.5. The van der Waals surface area contributed by atoms with Gasteiger partial charge in [0.15, 0.2) is 40.6 Å². The maximum absolute atomic E-state index is 12.3. The summed E-state index contributed by atoms with van der Waals surface area (Å²) in [5, 5.41) is 3.54. The van der Waals surface area contributed by atoms with E-state index in [0.29, 0.717) is 5.65 Å². The summed E-state index contributed by atoms with van der Waals surface area (Å²) in [6.45, 7) is 12.6. The summed E-state index contributed by atoms with van der Waals surface area (Å²) in [6, 6.07) is 0. The molecular weight excluding hydrogens is 1030 g/mol. The van der Waals surface area contributed by atoms with Crippen molar-refractivity contribution >= 4 is 93.4 Å². The molecule has 0 amide bonds. The quantitative estimate of drug-likeness (QED) is 0.0558. The first kappa shape index (κ1) is 54.9. The van der Waals surface area contributed by atoms with E-state index in [0.717, 1.165) is 42.3 Å². The molecule has 4 aliphatic rings. The van der Waals surface area contributed by atoms with Crippen molar-refractivity contribution < 1.29 is 55.7 Å². The number of hydrogen-bond acceptors (Lipinski definition) is 20. The smallest absolute Gasteiger partial charge is 0.325 e. The second kappa shape index (κ2) is 21.0. The summed E-state index contributed by atoms with van der Waals surface area (Å²) in [5.41, 5.74) is 15.1. The van der Waals surface area contributed by atoms with Gasteiger partial charge in [-0.15, -0.1) is 0 Å². The van der Waals surface area contributed by atoms with E-state index in [1.807, 2.05) is 10.8 Å². The van der Waals surface area contributed by atoms with Gasteiger partial charge in [-0.05, 0) is 91.1 Å². The van der Waals surface area contributed by atoms with Crippen LogP contribution in [0.5, 0.6) is 0 Å². The number of anilines is 2. The van der Waals surface area contributed by atoms with Gasteiger partial charge in [0.05, 0.1) is 45.0 Å². The first-order chi connectivity index (χ1) is 33.2. The van der Waals surface area contributed by atoms with Crippen LogP contribution >= 0.6 is 13.4 Å². The normalized spacial score (nSPS) is 30.2. The minimum atomic E-state index is -4.27. The summed E-state index contributed by atoms with van der Waals surface area (Å²) < 4.78 is 63.1. The van der Waals surface area contributed by atoms with Gasteiger partial charge >= 0.3 is 13.4 Å². The fourth-order valence-corrected chi connectivity index (χ4v) is 14.1. The van der Waals surface area contributed by atoms with E-state index in [9.17, 15) is 14.6 Å². The summed E-state index contributed by atoms with van der Waals surface area (Å²) in [6.07, 6.45) is 0.847. The van der Waals surface area contributed by atoms with Crippen molar-refractivity contribution in [1.29, 1.82) is 0 Å². The average Bonchev–Trinajstić information content (AvgIpc) is 3.99. The van der Waals surface area contributed by atoms with Gasteiger partial charge in [0.25, 0.3) is 0 Å². The van der Waals surface area contributed by atoms with Crippen LogP contribution in [0.4, 0.5) is 11.8 Å². The molecule has 0 saturated carbocycles. The molecule has 1 aliphatic carbocycles. The maximum atomic E-state index is 12.3. The van der Waals surface area contributed by atoms with Gasteiger partial charge in [0.2, 0.25) is 5.95 Å². The van der Waals surface area contributed by atoms with E-state index in [-0.39, 0.29) is 84.7 Å². The fraction of sp³-hybridized carbons (Fsp3) is 0.721. The van der Waals surface area contributed by atoms with E-state index >= 15 is 0 Å². The Balaban J connectivity index is 1.15. The lowest BCUT2D eigenvalue weighted by Crippen LogP contribution is -2.50. The molecule has 7 heterocycles. The van der Waals surface area contributed by atoms with Crippen molar-refractivity contribution in [2.75, 3.05) is 50.6 Å². The van der Waals surface area contributed by atoms with Crippen LogP contribution in [0, 0.1) is 0 Å². The summed E-state index contributed by atoms with van der Waals surface area (Å²) in [7, 11) is -5.34. The topological polar surface area (TPSA) is 279 Å². The van der Waals surface area contributed by atoms with Gasteiger partial charge in [-0.25, -0.2) is 15.0 Å². The van der Waals surface area contributed by atoms with Crippen LogP contribution < -0.4 is 16.8 Å². The number of nitrogens with two attached hydrogens (primary N) is 2. The maximum Gasteiger partial charge on any atom is 0.325 e. The van der Waals surface area contributed by atoms with Crippen molar-refractivity contribution in [2.45, 2.75) is 159 Å². The van der Waals surface area contributed by atoms with Crippen LogP contribution in [0.2, 0.25) is 36.3 Å². The van der Waals surface area contributed by atoms with E-state index in [2.05, 4.69) is 88.0 Å². The van der Waals surface area contributed by atoms with Gasteiger partial charge in [0.1, 0.15) is 59.9 Å². The average molecular weight is 1100 g/mol. The lowest BCUT2D eigenvalue weighted by molar-refractivity contribution is -0.118. The zero-order valence-corrected chi connectivity index (χ0v) is 47.5. The molecule has 3 fully saturated rings. The predicted molar refractivity (Wildman–Crippen MR) is 279 cm³/mol. The highest BCUT2D eigenvalue weighted by Crippen LogP contribution is 2.56. The van der Waals surface area contributed by atoms with Gasteiger partial charge < -0.3 is 63.2 Å². The standard InChI is InChI=1S/C43H70N10O12P2S2Si2/c1-42(2,3)70(7,8)64-33-29-22-59-66(55,68)62-32-28(60-40(35(32)65-71(9,10)43(4,5)6)52-20-25-13-11-12-14-27-30(25)37(52)48-23-47-27)21-58-67(56,69)63-34(33)39(61-29)53-24-49-31-36(45)50-41(51-38(31)53)46-16-18-57-17-15-26(54)19-44/h20,23-24,28-29,32-35,39-40H,11-19,21-22,44H2,1-10H3,(H,55,68)(H,56,69)(H3,45,46,50,51)/t28-,29-,32-,33-,34-,35-,39-,40-,66?,67?/m1/s1. The first-order valence-electron chi connectivity index (χ1n) is 24.0. The molecule has 0 spiro atoms. The molecule has 8 rings (SSSR count). The van der Waals surface area contributed by atoms with Gasteiger partial charge in [-0.1, -0.05) is 41.5 Å². The summed E-state index contributed by atoms with van der Waals surface area (Å²) in [5.74, 6) is 0.142. The van der Waals surface area contributed by atoms with Crippen molar-refractivity contribution in [3.8, 4) is 0 Å². The number of rotatable bonds is 14. The number of imidazole rings is 1. The predicted octanol–water partition coefficient (Wildman–Crippen LogP) is 5.91. The minimum Gasteiger partial charge on any atom is -0.408 e. The third kappa shape index (κ3) is 11.9. The molecule has 0 aromatic carbocycles. The number of carbonyl (C=O) groups excluding carboxylic acids is 1. The number of nitrogen functional groups attached to an aromatic ring is 1. The number of aryl methyl sites for hydroxylation is 2.